The summed E-state index contributed by atoms with van der Waals surface area (Å²) in [6.45, 7) is 0.643. The van der Waals surface area contributed by atoms with E-state index in [1.54, 1.807) is 31.8 Å². The van der Waals surface area contributed by atoms with Crippen LogP contribution in [0.1, 0.15) is 15.9 Å². The van der Waals surface area contributed by atoms with Gasteiger partial charge in [-0.3, -0.25) is 0 Å². The van der Waals surface area contributed by atoms with Gasteiger partial charge in [0.05, 0.1) is 32.7 Å². The fraction of sp³-hybridized carbons (Fsp3) is 0.231. The molecule has 0 atom stereocenters. The Hall–Kier alpha value is -2.30. The lowest BCUT2D eigenvalue weighted by molar-refractivity contribution is 0.0600. The molecule has 2 rings (SSSR count). The Kier molecular flexibility index (Phi) is 3.62. The molecular weight excluding hydrogens is 232 g/mol. The van der Waals surface area contributed by atoms with E-state index >= 15 is 0 Å². The number of benzene rings is 1. The van der Waals surface area contributed by atoms with Gasteiger partial charge in [-0.25, -0.2) is 9.78 Å². The molecule has 0 aliphatic rings. The van der Waals surface area contributed by atoms with Gasteiger partial charge < -0.3 is 14.0 Å². The van der Waals surface area contributed by atoms with Gasteiger partial charge in [0.1, 0.15) is 5.75 Å². The zero-order valence-electron chi connectivity index (χ0n) is 10.3. The molecule has 0 amide bonds. The summed E-state index contributed by atoms with van der Waals surface area (Å²) in [5.41, 5.74) is 1.45. The lowest BCUT2D eigenvalue weighted by Gasteiger charge is -2.10. The third-order valence-corrected chi connectivity index (χ3v) is 2.62. The Morgan fingerprint density at radius 3 is 2.83 bits per heavy atom. The second-order valence-corrected chi connectivity index (χ2v) is 3.75. The third-order valence-electron chi connectivity index (χ3n) is 2.62. The van der Waals surface area contributed by atoms with Crippen LogP contribution in [0.15, 0.2) is 36.9 Å². The van der Waals surface area contributed by atoms with E-state index in [1.807, 2.05) is 16.8 Å². The summed E-state index contributed by atoms with van der Waals surface area (Å²) < 4.78 is 11.9. The topological polar surface area (TPSA) is 53.4 Å². The Labute approximate surface area is 105 Å². The van der Waals surface area contributed by atoms with Crippen LogP contribution in [0.5, 0.6) is 5.75 Å². The average molecular weight is 246 g/mol. The van der Waals surface area contributed by atoms with E-state index in [0.717, 1.165) is 5.56 Å². The highest BCUT2D eigenvalue weighted by molar-refractivity contribution is 5.89. The molecule has 0 N–H and O–H groups in total. The van der Waals surface area contributed by atoms with Gasteiger partial charge in [-0.2, -0.15) is 0 Å². The fourth-order valence-electron chi connectivity index (χ4n) is 1.70. The number of imidazole rings is 1. The summed E-state index contributed by atoms with van der Waals surface area (Å²) in [4.78, 5) is 15.4. The van der Waals surface area contributed by atoms with Crippen LogP contribution in [0.4, 0.5) is 0 Å². The van der Waals surface area contributed by atoms with Gasteiger partial charge >= 0.3 is 5.97 Å². The highest BCUT2D eigenvalue weighted by Crippen LogP contribution is 2.21. The number of hydrogen-bond donors (Lipinski definition) is 0. The maximum absolute atomic E-state index is 11.4. The standard InChI is InChI=1S/C13H14N2O3/c1-17-12-7-10(13(16)18-2)3-4-11(12)8-15-6-5-14-9-15/h3-7,9H,8H2,1-2H3. The molecular formula is C13H14N2O3. The predicted octanol–water partition coefficient (Wildman–Crippen LogP) is 1.73. The van der Waals surface area contributed by atoms with E-state index in [-0.39, 0.29) is 5.97 Å². The molecule has 0 radical (unpaired) electrons. The van der Waals surface area contributed by atoms with E-state index < -0.39 is 0 Å². The van der Waals surface area contributed by atoms with E-state index in [2.05, 4.69) is 9.72 Å². The van der Waals surface area contributed by atoms with E-state index in [4.69, 9.17) is 4.74 Å². The van der Waals surface area contributed by atoms with Crippen molar-refractivity contribution in [1.82, 2.24) is 9.55 Å². The highest BCUT2D eigenvalue weighted by Gasteiger charge is 2.10. The molecule has 94 valence electrons. The highest BCUT2D eigenvalue weighted by atomic mass is 16.5. The van der Waals surface area contributed by atoms with Crippen LogP contribution in [0.2, 0.25) is 0 Å². The minimum atomic E-state index is -0.373. The maximum atomic E-state index is 11.4. The molecule has 0 bridgehead atoms. The van der Waals surface area contributed by atoms with Crippen molar-refractivity contribution in [2.75, 3.05) is 14.2 Å². The molecule has 0 spiro atoms. The number of nitrogens with zero attached hydrogens (tertiary/aromatic N) is 2. The van der Waals surface area contributed by atoms with Gasteiger partial charge in [-0.1, -0.05) is 6.07 Å². The SMILES string of the molecule is COC(=O)c1ccc(Cn2ccnc2)c(OC)c1. The number of aromatic nitrogens is 2. The zero-order chi connectivity index (χ0) is 13.0. The van der Waals surface area contributed by atoms with Crippen molar-refractivity contribution in [1.29, 1.82) is 0 Å². The van der Waals surface area contributed by atoms with Crippen LogP contribution in [0.3, 0.4) is 0 Å². The Morgan fingerprint density at radius 1 is 1.39 bits per heavy atom. The molecule has 0 fully saturated rings. The predicted molar refractivity (Wildman–Crippen MR) is 65.7 cm³/mol. The normalized spacial score (nSPS) is 10.1. The van der Waals surface area contributed by atoms with Crippen molar-refractivity contribution >= 4 is 5.97 Å². The van der Waals surface area contributed by atoms with Gasteiger partial charge in [0.15, 0.2) is 0 Å². The largest absolute Gasteiger partial charge is 0.496 e. The molecule has 0 unspecified atom stereocenters. The van der Waals surface area contributed by atoms with E-state index in [1.165, 1.54) is 7.11 Å². The molecule has 18 heavy (non-hydrogen) atoms. The molecule has 1 aromatic heterocycles. The van der Waals surface area contributed by atoms with Gasteiger partial charge in [-0.15, -0.1) is 0 Å². The van der Waals surface area contributed by atoms with Crippen molar-refractivity contribution < 1.29 is 14.3 Å². The number of esters is 1. The molecule has 1 heterocycles. The first kappa shape index (κ1) is 12.2. The van der Waals surface area contributed by atoms with Crippen molar-refractivity contribution in [3.63, 3.8) is 0 Å². The molecule has 5 nitrogen and oxygen atoms in total. The Balaban J connectivity index is 2.28. The average Bonchev–Trinajstić information content (AvgIpc) is 2.91. The van der Waals surface area contributed by atoms with E-state index in [9.17, 15) is 4.79 Å². The first-order valence-corrected chi connectivity index (χ1v) is 5.45. The number of ether oxygens (including phenoxy) is 2. The molecule has 2 aromatic rings. The third kappa shape index (κ3) is 2.51. The lowest BCUT2D eigenvalue weighted by Crippen LogP contribution is -2.04. The zero-order valence-corrected chi connectivity index (χ0v) is 10.3. The number of rotatable bonds is 4. The summed E-state index contributed by atoms with van der Waals surface area (Å²) in [6, 6.07) is 5.25. The minimum Gasteiger partial charge on any atom is -0.496 e. The van der Waals surface area contributed by atoms with Gasteiger partial charge in [0.2, 0.25) is 0 Å². The summed E-state index contributed by atoms with van der Waals surface area (Å²) in [5, 5.41) is 0. The van der Waals surface area contributed by atoms with Crippen molar-refractivity contribution in [3.8, 4) is 5.75 Å². The molecule has 0 aliphatic carbocycles. The first-order chi connectivity index (χ1) is 8.74. The van der Waals surface area contributed by atoms with Crippen molar-refractivity contribution in [2.45, 2.75) is 6.54 Å². The second-order valence-electron chi connectivity index (χ2n) is 3.75. The number of methoxy groups -OCH3 is 2. The molecule has 1 aromatic carbocycles. The smallest absolute Gasteiger partial charge is 0.337 e. The van der Waals surface area contributed by atoms with Crippen LogP contribution in [0, 0.1) is 0 Å². The number of carbonyl (C=O) groups is 1. The summed E-state index contributed by atoms with van der Waals surface area (Å²) in [6.07, 6.45) is 5.32. The van der Waals surface area contributed by atoms with Crippen LogP contribution in [-0.4, -0.2) is 29.7 Å². The van der Waals surface area contributed by atoms with Gasteiger partial charge in [-0.05, 0) is 12.1 Å². The first-order valence-electron chi connectivity index (χ1n) is 5.45. The van der Waals surface area contributed by atoms with Crippen molar-refractivity contribution in [3.05, 3.63) is 48.0 Å². The summed E-state index contributed by atoms with van der Waals surface area (Å²) in [7, 11) is 2.93. The second kappa shape index (κ2) is 5.35. The Bertz CT molecular complexity index is 535. The summed E-state index contributed by atoms with van der Waals surface area (Å²) in [5.74, 6) is 0.286. The molecule has 5 heteroatoms. The Morgan fingerprint density at radius 2 is 2.22 bits per heavy atom. The fourth-order valence-corrected chi connectivity index (χ4v) is 1.70. The number of carbonyl (C=O) groups excluding carboxylic acids is 1. The van der Waals surface area contributed by atoms with Crippen LogP contribution >= 0.6 is 0 Å². The monoisotopic (exact) mass is 246 g/mol. The van der Waals surface area contributed by atoms with Gasteiger partial charge in [0.25, 0.3) is 0 Å². The van der Waals surface area contributed by atoms with Crippen LogP contribution in [-0.2, 0) is 11.3 Å². The van der Waals surface area contributed by atoms with Crippen LogP contribution < -0.4 is 4.74 Å². The summed E-state index contributed by atoms with van der Waals surface area (Å²) >= 11 is 0. The van der Waals surface area contributed by atoms with Gasteiger partial charge in [0, 0.05) is 18.0 Å². The lowest BCUT2D eigenvalue weighted by atomic mass is 10.1. The van der Waals surface area contributed by atoms with E-state index in [0.29, 0.717) is 17.9 Å². The minimum absolute atomic E-state index is 0.373. The van der Waals surface area contributed by atoms with Crippen LogP contribution in [0.25, 0.3) is 0 Å². The van der Waals surface area contributed by atoms with Crippen molar-refractivity contribution in [2.24, 2.45) is 0 Å². The molecule has 0 aliphatic heterocycles. The molecule has 0 saturated carbocycles. The quantitative estimate of drug-likeness (QED) is 0.771. The molecule has 0 saturated heterocycles. The maximum Gasteiger partial charge on any atom is 0.337 e. The number of hydrogen-bond acceptors (Lipinski definition) is 4.